The fourth-order valence-electron chi connectivity index (χ4n) is 2.16. The molecule has 4 nitrogen and oxygen atoms in total. The summed E-state index contributed by atoms with van der Waals surface area (Å²) >= 11 is 0. The van der Waals surface area contributed by atoms with Gasteiger partial charge in [0, 0.05) is 12.5 Å². The summed E-state index contributed by atoms with van der Waals surface area (Å²) in [7, 11) is 0. The Morgan fingerprint density at radius 1 is 1.37 bits per heavy atom. The summed E-state index contributed by atoms with van der Waals surface area (Å²) in [6.45, 7) is 2.54. The standard InChI is InChI=1S/C15H17N3O/c1-2-16-15(19)14-10-13(11-8-9-11)17-18(14)12-6-4-3-5-7-12/h3-7,10-11H,2,8-9H2,1H3,(H,16,19). The molecule has 1 aromatic heterocycles. The van der Waals surface area contributed by atoms with Gasteiger partial charge in [-0.3, -0.25) is 4.79 Å². The predicted molar refractivity (Wildman–Crippen MR) is 73.5 cm³/mol. The smallest absolute Gasteiger partial charge is 0.270 e. The van der Waals surface area contributed by atoms with Gasteiger partial charge in [-0.15, -0.1) is 0 Å². The van der Waals surface area contributed by atoms with E-state index in [4.69, 9.17) is 0 Å². The highest BCUT2D eigenvalue weighted by molar-refractivity contribution is 5.93. The predicted octanol–water partition coefficient (Wildman–Crippen LogP) is 2.50. The molecule has 1 fully saturated rings. The van der Waals surface area contributed by atoms with Crippen LogP contribution in [0.25, 0.3) is 5.69 Å². The highest BCUT2D eigenvalue weighted by atomic mass is 16.2. The first-order valence-electron chi connectivity index (χ1n) is 6.73. The molecule has 1 aliphatic carbocycles. The van der Waals surface area contributed by atoms with E-state index in [0.717, 1.165) is 11.4 Å². The van der Waals surface area contributed by atoms with E-state index in [2.05, 4.69) is 10.4 Å². The van der Waals surface area contributed by atoms with E-state index in [-0.39, 0.29) is 5.91 Å². The molecule has 0 atom stereocenters. The molecule has 2 aromatic rings. The molecule has 0 radical (unpaired) electrons. The van der Waals surface area contributed by atoms with Crippen molar-refractivity contribution >= 4 is 5.91 Å². The van der Waals surface area contributed by atoms with Crippen molar-refractivity contribution in [2.24, 2.45) is 0 Å². The van der Waals surface area contributed by atoms with Gasteiger partial charge < -0.3 is 5.32 Å². The molecule has 0 unspecified atom stereocenters. The fourth-order valence-corrected chi connectivity index (χ4v) is 2.16. The van der Waals surface area contributed by atoms with Crippen LogP contribution in [0.2, 0.25) is 0 Å². The van der Waals surface area contributed by atoms with Crippen LogP contribution in [-0.2, 0) is 0 Å². The van der Waals surface area contributed by atoms with Gasteiger partial charge in [-0.25, -0.2) is 4.68 Å². The average molecular weight is 255 g/mol. The van der Waals surface area contributed by atoms with E-state index in [1.165, 1.54) is 12.8 Å². The molecule has 0 aliphatic heterocycles. The van der Waals surface area contributed by atoms with Crippen LogP contribution in [0.3, 0.4) is 0 Å². The van der Waals surface area contributed by atoms with E-state index in [1.807, 2.05) is 43.3 Å². The van der Waals surface area contributed by atoms with Crippen LogP contribution in [0.15, 0.2) is 36.4 Å². The molecule has 1 N–H and O–H groups in total. The monoisotopic (exact) mass is 255 g/mol. The summed E-state index contributed by atoms with van der Waals surface area (Å²) in [6.07, 6.45) is 2.36. The number of nitrogens with one attached hydrogen (secondary N) is 1. The zero-order valence-electron chi connectivity index (χ0n) is 11.0. The zero-order valence-corrected chi connectivity index (χ0v) is 11.0. The normalized spacial score (nSPS) is 14.4. The highest BCUT2D eigenvalue weighted by Crippen LogP contribution is 2.39. The Morgan fingerprint density at radius 3 is 2.74 bits per heavy atom. The Balaban J connectivity index is 2.03. The Labute approximate surface area is 112 Å². The van der Waals surface area contributed by atoms with Gasteiger partial charge in [0.05, 0.1) is 11.4 Å². The number of nitrogens with zero attached hydrogens (tertiary/aromatic N) is 2. The molecule has 1 heterocycles. The average Bonchev–Trinajstić information content (AvgIpc) is 3.19. The van der Waals surface area contributed by atoms with Crippen LogP contribution in [-0.4, -0.2) is 22.2 Å². The van der Waals surface area contributed by atoms with Gasteiger partial charge in [-0.05, 0) is 38.0 Å². The maximum absolute atomic E-state index is 12.1. The summed E-state index contributed by atoms with van der Waals surface area (Å²) in [4.78, 5) is 12.1. The topological polar surface area (TPSA) is 46.9 Å². The molecule has 3 rings (SSSR count). The van der Waals surface area contributed by atoms with Gasteiger partial charge >= 0.3 is 0 Å². The number of carbonyl (C=O) groups excluding carboxylic acids is 1. The van der Waals surface area contributed by atoms with E-state index < -0.39 is 0 Å². The van der Waals surface area contributed by atoms with Crippen LogP contribution in [0.1, 0.15) is 41.9 Å². The van der Waals surface area contributed by atoms with E-state index >= 15 is 0 Å². The lowest BCUT2D eigenvalue weighted by atomic mass is 10.2. The Hall–Kier alpha value is -2.10. The molecule has 1 aromatic carbocycles. The van der Waals surface area contributed by atoms with Crippen molar-refractivity contribution < 1.29 is 4.79 Å². The van der Waals surface area contributed by atoms with E-state index in [1.54, 1.807) is 4.68 Å². The summed E-state index contributed by atoms with van der Waals surface area (Å²) < 4.78 is 1.75. The molecule has 0 spiro atoms. The largest absolute Gasteiger partial charge is 0.351 e. The highest BCUT2D eigenvalue weighted by Gasteiger charge is 2.28. The first-order chi connectivity index (χ1) is 9.29. The van der Waals surface area contributed by atoms with Crippen LogP contribution in [0.4, 0.5) is 0 Å². The van der Waals surface area contributed by atoms with Crippen molar-refractivity contribution in [1.29, 1.82) is 0 Å². The minimum Gasteiger partial charge on any atom is -0.351 e. The molecule has 19 heavy (non-hydrogen) atoms. The summed E-state index contributed by atoms with van der Waals surface area (Å²) in [5, 5.41) is 7.45. The molecular weight excluding hydrogens is 238 g/mol. The second-order valence-corrected chi connectivity index (χ2v) is 4.84. The Morgan fingerprint density at radius 2 is 2.11 bits per heavy atom. The minimum atomic E-state index is -0.0641. The van der Waals surface area contributed by atoms with E-state index in [9.17, 15) is 4.79 Å². The van der Waals surface area contributed by atoms with Gasteiger partial charge in [0.25, 0.3) is 5.91 Å². The van der Waals surface area contributed by atoms with Crippen molar-refractivity contribution in [2.75, 3.05) is 6.54 Å². The number of amides is 1. The van der Waals surface area contributed by atoms with Gasteiger partial charge in [0.15, 0.2) is 0 Å². The van der Waals surface area contributed by atoms with Crippen LogP contribution in [0.5, 0.6) is 0 Å². The second-order valence-electron chi connectivity index (χ2n) is 4.84. The third-order valence-electron chi connectivity index (χ3n) is 3.29. The SMILES string of the molecule is CCNC(=O)c1cc(C2CC2)nn1-c1ccccc1. The molecule has 4 heteroatoms. The molecule has 0 saturated heterocycles. The lowest BCUT2D eigenvalue weighted by Crippen LogP contribution is -2.25. The third kappa shape index (κ3) is 2.38. The fraction of sp³-hybridized carbons (Fsp3) is 0.333. The number of hydrogen-bond donors (Lipinski definition) is 1. The van der Waals surface area contributed by atoms with Crippen LogP contribution >= 0.6 is 0 Å². The number of hydrogen-bond acceptors (Lipinski definition) is 2. The lowest BCUT2D eigenvalue weighted by Gasteiger charge is -2.06. The summed E-state index contributed by atoms with van der Waals surface area (Å²) in [5.41, 5.74) is 2.58. The Bertz CT molecular complexity index is 585. The quantitative estimate of drug-likeness (QED) is 0.912. The zero-order chi connectivity index (χ0) is 13.2. The molecule has 98 valence electrons. The van der Waals surface area contributed by atoms with Gasteiger partial charge in [0.2, 0.25) is 0 Å². The molecule has 1 saturated carbocycles. The molecule has 1 amide bonds. The van der Waals surface area contributed by atoms with Gasteiger partial charge in [0.1, 0.15) is 5.69 Å². The first kappa shape index (κ1) is 12.0. The number of para-hydroxylation sites is 1. The number of carbonyl (C=O) groups is 1. The maximum Gasteiger partial charge on any atom is 0.270 e. The number of rotatable bonds is 4. The van der Waals surface area contributed by atoms with Crippen molar-refractivity contribution in [3.8, 4) is 5.69 Å². The van der Waals surface area contributed by atoms with Crippen molar-refractivity contribution in [1.82, 2.24) is 15.1 Å². The number of benzene rings is 1. The van der Waals surface area contributed by atoms with E-state index in [0.29, 0.717) is 18.2 Å². The number of aromatic nitrogens is 2. The second kappa shape index (κ2) is 4.88. The van der Waals surface area contributed by atoms with Crippen LogP contribution in [0, 0.1) is 0 Å². The van der Waals surface area contributed by atoms with Gasteiger partial charge in [-0.1, -0.05) is 18.2 Å². The molecule has 1 aliphatic rings. The maximum atomic E-state index is 12.1. The van der Waals surface area contributed by atoms with Crippen LogP contribution < -0.4 is 5.32 Å². The minimum absolute atomic E-state index is 0.0641. The summed E-state index contributed by atoms with van der Waals surface area (Å²) in [6, 6.07) is 11.7. The molecular formula is C15H17N3O. The van der Waals surface area contributed by atoms with Crippen molar-refractivity contribution in [3.05, 3.63) is 47.8 Å². The lowest BCUT2D eigenvalue weighted by molar-refractivity contribution is 0.0948. The van der Waals surface area contributed by atoms with Gasteiger partial charge in [-0.2, -0.15) is 5.10 Å². The Kier molecular flexibility index (Phi) is 3.07. The molecule has 0 bridgehead atoms. The first-order valence-corrected chi connectivity index (χ1v) is 6.73. The summed E-state index contributed by atoms with van der Waals surface area (Å²) in [5.74, 6) is 0.476. The van der Waals surface area contributed by atoms with Crippen molar-refractivity contribution in [2.45, 2.75) is 25.7 Å². The third-order valence-corrected chi connectivity index (χ3v) is 3.29. The van der Waals surface area contributed by atoms with Crippen molar-refractivity contribution in [3.63, 3.8) is 0 Å².